The van der Waals surface area contributed by atoms with Crippen molar-refractivity contribution in [3.63, 3.8) is 0 Å². The number of anilines is 2. The molecule has 1 N–H and O–H groups in total. The second-order valence-corrected chi connectivity index (χ2v) is 11.3. The van der Waals surface area contributed by atoms with Crippen molar-refractivity contribution in [1.29, 1.82) is 0 Å². The molecule has 0 radical (unpaired) electrons. The molecular weight excluding hydrogens is 446 g/mol. The Hall–Kier alpha value is -1.76. The van der Waals surface area contributed by atoms with E-state index in [9.17, 15) is 0 Å². The van der Waals surface area contributed by atoms with E-state index in [0.29, 0.717) is 0 Å². The van der Waals surface area contributed by atoms with Gasteiger partial charge in [0.05, 0.1) is 0 Å². The number of hydrogen-bond donors (Lipinski definition) is 1. The number of aryl methyl sites for hydroxylation is 3. The minimum Gasteiger partial charge on any atom is -0.355 e. The first-order chi connectivity index (χ1) is 18.3. The van der Waals surface area contributed by atoms with Crippen LogP contribution in [0.4, 0.5) is 11.4 Å². The van der Waals surface area contributed by atoms with Crippen LogP contribution < -0.4 is 5.32 Å². The first kappa shape index (κ1) is 31.5. The molecule has 0 saturated heterocycles. The van der Waals surface area contributed by atoms with Gasteiger partial charge in [-0.2, -0.15) is 0 Å². The maximum absolute atomic E-state index is 3.92. The van der Waals surface area contributed by atoms with Crippen LogP contribution in [-0.2, 0) is 19.3 Å². The van der Waals surface area contributed by atoms with Crippen LogP contribution in [0.2, 0.25) is 0 Å². The van der Waals surface area contributed by atoms with E-state index in [0.717, 1.165) is 0 Å². The van der Waals surface area contributed by atoms with Gasteiger partial charge in [-0.3, -0.25) is 0 Å². The van der Waals surface area contributed by atoms with Crippen LogP contribution in [0.1, 0.15) is 153 Å². The Labute approximate surface area is 231 Å². The molecule has 0 aliphatic carbocycles. The summed E-state index contributed by atoms with van der Waals surface area (Å²) < 4.78 is 0. The van der Waals surface area contributed by atoms with E-state index in [1.54, 1.807) is 0 Å². The van der Waals surface area contributed by atoms with Gasteiger partial charge >= 0.3 is 0 Å². The van der Waals surface area contributed by atoms with E-state index in [1.165, 1.54) is 163 Å². The highest BCUT2D eigenvalue weighted by atomic mass is 14.9. The fourth-order valence-electron chi connectivity index (χ4n) is 5.48. The number of hydrogen-bond acceptors (Lipinski definition) is 1. The largest absolute Gasteiger partial charge is 0.355 e. The first-order valence-corrected chi connectivity index (χ1v) is 16.2. The molecule has 0 spiro atoms. The van der Waals surface area contributed by atoms with Crippen LogP contribution in [0.5, 0.6) is 0 Å². The summed E-state index contributed by atoms with van der Waals surface area (Å²) >= 11 is 0. The zero-order valence-electron chi connectivity index (χ0n) is 24.9. The van der Waals surface area contributed by atoms with Gasteiger partial charge in [0.2, 0.25) is 0 Å². The van der Waals surface area contributed by atoms with Gasteiger partial charge in [-0.1, -0.05) is 147 Å². The van der Waals surface area contributed by atoms with Crippen molar-refractivity contribution in [2.24, 2.45) is 0 Å². The third-order valence-corrected chi connectivity index (χ3v) is 7.85. The standard InChI is InChI=1S/C36H59N/c1-4-7-10-13-16-19-24-32-25-22-30-35(31-32)37-36-33(26-20-17-14-11-8-5-2)28-23-29-34(36)27-21-18-15-12-9-6-3/h22-23,25,28-31,37H,4-21,24,26-27H2,1-3H3. The molecule has 208 valence electrons. The molecule has 0 saturated carbocycles. The van der Waals surface area contributed by atoms with Crippen molar-refractivity contribution >= 4 is 11.4 Å². The average molecular weight is 506 g/mol. The molecule has 0 fully saturated rings. The lowest BCUT2D eigenvalue weighted by molar-refractivity contribution is 0.605. The summed E-state index contributed by atoms with van der Waals surface area (Å²) in [6, 6.07) is 16.3. The SMILES string of the molecule is CCCCCCCCc1cccc(Nc2c(CCCCCCCC)cccc2CCCCCCCC)c1. The Balaban J connectivity index is 2.02. The molecule has 0 aliphatic rings. The summed E-state index contributed by atoms with van der Waals surface area (Å²) in [6.45, 7) is 6.90. The Bertz CT molecular complexity index is 774. The molecule has 2 aromatic rings. The molecule has 2 rings (SSSR count). The zero-order valence-corrected chi connectivity index (χ0v) is 24.9. The summed E-state index contributed by atoms with van der Waals surface area (Å²) in [5, 5.41) is 3.92. The second-order valence-electron chi connectivity index (χ2n) is 11.3. The minimum atomic E-state index is 1.19. The maximum atomic E-state index is 3.92. The summed E-state index contributed by atoms with van der Waals surface area (Å²) in [7, 11) is 0. The van der Waals surface area contributed by atoms with E-state index in [4.69, 9.17) is 0 Å². The van der Waals surface area contributed by atoms with Gasteiger partial charge < -0.3 is 5.32 Å². The molecule has 0 atom stereocenters. The maximum Gasteiger partial charge on any atom is 0.0449 e. The van der Waals surface area contributed by atoms with Crippen molar-refractivity contribution in [2.75, 3.05) is 5.32 Å². The number of benzene rings is 2. The van der Waals surface area contributed by atoms with E-state index >= 15 is 0 Å². The normalized spacial score (nSPS) is 11.2. The highest BCUT2D eigenvalue weighted by Crippen LogP contribution is 2.29. The third kappa shape index (κ3) is 14.1. The fourth-order valence-corrected chi connectivity index (χ4v) is 5.48. The Morgan fingerprint density at radius 1 is 0.459 bits per heavy atom. The number of rotatable bonds is 23. The highest BCUT2D eigenvalue weighted by Gasteiger charge is 2.10. The Kier molecular flexibility index (Phi) is 18.0. The van der Waals surface area contributed by atoms with E-state index in [1.807, 2.05) is 0 Å². The van der Waals surface area contributed by atoms with Crippen LogP contribution in [0.25, 0.3) is 0 Å². The predicted octanol–water partition coefficient (Wildman–Crippen LogP) is 12.1. The lowest BCUT2D eigenvalue weighted by Gasteiger charge is -2.18. The van der Waals surface area contributed by atoms with Crippen molar-refractivity contribution in [3.05, 3.63) is 59.2 Å². The average Bonchev–Trinajstić information content (AvgIpc) is 2.91. The number of unbranched alkanes of at least 4 members (excludes halogenated alkanes) is 15. The van der Waals surface area contributed by atoms with Crippen molar-refractivity contribution in [1.82, 2.24) is 0 Å². The van der Waals surface area contributed by atoms with E-state index < -0.39 is 0 Å². The van der Waals surface area contributed by atoms with Crippen LogP contribution in [0.3, 0.4) is 0 Å². The van der Waals surface area contributed by atoms with Gasteiger partial charge in [0, 0.05) is 11.4 Å². The Morgan fingerprint density at radius 3 is 1.41 bits per heavy atom. The molecule has 0 aliphatic heterocycles. The van der Waals surface area contributed by atoms with Gasteiger partial charge in [-0.25, -0.2) is 0 Å². The van der Waals surface area contributed by atoms with Gasteiger partial charge in [-0.15, -0.1) is 0 Å². The van der Waals surface area contributed by atoms with Crippen LogP contribution in [-0.4, -0.2) is 0 Å². The van der Waals surface area contributed by atoms with Gasteiger partial charge in [0.1, 0.15) is 0 Å². The van der Waals surface area contributed by atoms with Crippen molar-refractivity contribution in [2.45, 2.75) is 156 Å². The highest BCUT2D eigenvalue weighted by molar-refractivity contribution is 5.67. The summed E-state index contributed by atoms with van der Waals surface area (Å²) in [5.74, 6) is 0. The van der Waals surface area contributed by atoms with E-state index in [2.05, 4.69) is 68.6 Å². The first-order valence-electron chi connectivity index (χ1n) is 16.2. The van der Waals surface area contributed by atoms with E-state index in [-0.39, 0.29) is 0 Å². The number of nitrogens with one attached hydrogen (secondary N) is 1. The second kappa shape index (κ2) is 21.2. The fraction of sp³-hybridized carbons (Fsp3) is 0.667. The van der Waals surface area contributed by atoms with Crippen molar-refractivity contribution < 1.29 is 0 Å². The lowest BCUT2D eigenvalue weighted by atomic mass is 9.96. The molecule has 0 bridgehead atoms. The van der Waals surface area contributed by atoms with Crippen molar-refractivity contribution in [3.8, 4) is 0 Å². The van der Waals surface area contributed by atoms with Crippen LogP contribution in [0.15, 0.2) is 42.5 Å². The molecule has 0 heterocycles. The Morgan fingerprint density at radius 2 is 0.892 bits per heavy atom. The summed E-state index contributed by atoms with van der Waals surface area (Å²) in [5.41, 5.74) is 7.18. The smallest absolute Gasteiger partial charge is 0.0449 e. The van der Waals surface area contributed by atoms with Gasteiger partial charge in [0.15, 0.2) is 0 Å². The molecule has 37 heavy (non-hydrogen) atoms. The topological polar surface area (TPSA) is 12.0 Å². The van der Waals surface area contributed by atoms with Gasteiger partial charge in [0.25, 0.3) is 0 Å². The zero-order chi connectivity index (χ0) is 26.4. The monoisotopic (exact) mass is 505 g/mol. The molecule has 2 aromatic carbocycles. The quantitative estimate of drug-likeness (QED) is 0.148. The predicted molar refractivity (Wildman–Crippen MR) is 167 cm³/mol. The third-order valence-electron chi connectivity index (χ3n) is 7.85. The minimum absolute atomic E-state index is 1.19. The van der Waals surface area contributed by atoms with Crippen LogP contribution >= 0.6 is 0 Å². The molecule has 0 unspecified atom stereocenters. The molecule has 1 nitrogen and oxygen atoms in total. The molecular formula is C36H59N. The number of para-hydroxylation sites is 1. The summed E-state index contributed by atoms with van der Waals surface area (Å²) in [6.07, 6.45) is 28.0. The molecule has 1 heteroatoms. The van der Waals surface area contributed by atoms with Crippen LogP contribution in [0, 0.1) is 0 Å². The lowest BCUT2D eigenvalue weighted by Crippen LogP contribution is -2.02. The van der Waals surface area contributed by atoms with Gasteiger partial charge in [-0.05, 0) is 67.3 Å². The summed E-state index contributed by atoms with van der Waals surface area (Å²) in [4.78, 5) is 0. The molecule has 0 amide bonds. The molecule has 0 aromatic heterocycles.